The van der Waals surface area contributed by atoms with Crippen LogP contribution < -0.4 is 4.90 Å². The number of anilines is 1. The number of rotatable bonds is 4. The molecule has 0 aromatic heterocycles. The van der Waals surface area contributed by atoms with E-state index in [2.05, 4.69) is 16.7 Å². The Hall–Kier alpha value is -1.62. The molecule has 1 aromatic rings. The van der Waals surface area contributed by atoms with Crippen molar-refractivity contribution >= 4 is 11.4 Å². The topological polar surface area (TPSA) is 49.6 Å². The predicted molar refractivity (Wildman–Crippen MR) is 92.9 cm³/mol. The molecule has 0 spiro atoms. The number of nitrogens with zero attached hydrogens (tertiary/aromatic N) is 3. The van der Waals surface area contributed by atoms with E-state index < -0.39 is 0 Å². The molecular weight excluding hydrogens is 290 g/mol. The molecule has 0 N–H and O–H groups in total. The van der Waals surface area contributed by atoms with E-state index in [1.54, 1.807) is 12.1 Å². The highest BCUT2D eigenvalue weighted by Gasteiger charge is 2.24. The molecule has 2 fully saturated rings. The van der Waals surface area contributed by atoms with Gasteiger partial charge in [-0.05, 0) is 62.7 Å². The van der Waals surface area contributed by atoms with Crippen molar-refractivity contribution in [1.29, 1.82) is 0 Å². The summed E-state index contributed by atoms with van der Waals surface area (Å²) >= 11 is 0. The van der Waals surface area contributed by atoms with Gasteiger partial charge >= 0.3 is 0 Å². The van der Waals surface area contributed by atoms with Gasteiger partial charge in [0.05, 0.1) is 4.92 Å². The fraction of sp³-hybridized carbons (Fsp3) is 0.667. The Labute approximate surface area is 138 Å². The molecule has 5 heteroatoms. The maximum absolute atomic E-state index is 10.8. The van der Waals surface area contributed by atoms with Crippen molar-refractivity contribution in [2.75, 3.05) is 37.6 Å². The van der Waals surface area contributed by atoms with Crippen LogP contribution in [0.15, 0.2) is 24.3 Å². The quantitative estimate of drug-likeness (QED) is 0.629. The molecule has 0 radical (unpaired) electrons. The number of non-ortho nitro benzene ring substituents is 1. The second kappa shape index (κ2) is 7.30. The number of benzene rings is 1. The molecule has 2 heterocycles. The molecule has 126 valence electrons. The first kappa shape index (κ1) is 16.2. The Morgan fingerprint density at radius 1 is 1.13 bits per heavy atom. The summed E-state index contributed by atoms with van der Waals surface area (Å²) in [6.45, 7) is 8.18. The van der Waals surface area contributed by atoms with Crippen molar-refractivity contribution in [3.8, 4) is 0 Å². The van der Waals surface area contributed by atoms with E-state index in [-0.39, 0.29) is 10.6 Å². The molecule has 1 atom stereocenters. The van der Waals surface area contributed by atoms with Crippen molar-refractivity contribution in [3.05, 3.63) is 34.4 Å². The van der Waals surface area contributed by atoms with Gasteiger partial charge in [-0.1, -0.05) is 6.92 Å². The number of hydrogen-bond acceptors (Lipinski definition) is 4. The third-order valence-electron chi connectivity index (χ3n) is 5.34. The maximum Gasteiger partial charge on any atom is 0.269 e. The van der Waals surface area contributed by atoms with E-state index in [1.807, 2.05) is 12.1 Å². The fourth-order valence-electron chi connectivity index (χ4n) is 3.84. The van der Waals surface area contributed by atoms with Crippen LogP contribution in [0.5, 0.6) is 0 Å². The first-order valence-electron chi connectivity index (χ1n) is 8.83. The van der Waals surface area contributed by atoms with E-state index in [9.17, 15) is 10.1 Å². The van der Waals surface area contributed by atoms with E-state index in [0.717, 1.165) is 24.7 Å². The molecule has 0 bridgehead atoms. The van der Waals surface area contributed by atoms with Gasteiger partial charge in [0.25, 0.3) is 5.69 Å². The van der Waals surface area contributed by atoms with Gasteiger partial charge in [0, 0.05) is 37.5 Å². The average Bonchev–Trinajstić information content (AvgIpc) is 2.57. The molecule has 0 amide bonds. The van der Waals surface area contributed by atoms with Gasteiger partial charge in [-0.25, -0.2) is 0 Å². The lowest BCUT2D eigenvalue weighted by molar-refractivity contribution is -0.384. The minimum absolute atomic E-state index is 0.171. The number of likely N-dealkylation sites (tertiary alicyclic amines) is 1. The van der Waals surface area contributed by atoms with Crippen LogP contribution in [0.4, 0.5) is 11.4 Å². The van der Waals surface area contributed by atoms with Gasteiger partial charge in [0.1, 0.15) is 0 Å². The molecule has 0 aliphatic carbocycles. The third kappa shape index (κ3) is 4.22. The summed E-state index contributed by atoms with van der Waals surface area (Å²) in [7, 11) is 0. The van der Waals surface area contributed by atoms with Crippen LogP contribution in [-0.2, 0) is 0 Å². The second-order valence-electron chi connectivity index (χ2n) is 7.21. The lowest BCUT2D eigenvalue weighted by Gasteiger charge is -2.38. The maximum atomic E-state index is 10.8. The van der Waals surface area contributed by atoms with E-state index in [0.29, 0.717) is 5.92 Å². The lowest BCUT2D eigenvalue weighted by atomic mass is 9.94. The predicted octanol–water partition coefficient (Wildman–Crippen LogP) is 3.54. The fourth-order valence-corrected chi connectivity index (χ4v) is 3.84. The normalized spacial score (nSPS) is 23.9. The lowest BCUT2D eigenvalue weighted by Crippen LogP contribution is -2.43. The average molecular weight is 317 g/mol. The minimum Gasteiger partial charge on any atom is -0.371 e. The summed E-state index contributed by atoms with van der Waals surface area (Å²) in [6, 6.07) is 7.02. The first-order chi connectivity index (χ1) is 11.1. The Morgan fingerprint density at radius 2 is 1.83 bits per heavy atom. The van der Waals surface area contributed by atoms with Gasteiger partial charge in [-0.15, -0.1) is 0 Å². The standard InChI is InChI=1S/C18H27N3O2/c1-15-8-11-19(12-9-15)13-16-3-2-10-20(14-16)17-4-6-18(7-5-17)21(22)23/h4-7,15-16H,2-3,8-14H2,1H3. The van der Waals surface area contributed by atoms with Crippen LogP contribution in [0.2, 0.25) is 0 Å². The van der Waals surface area contributed by atoms with Gasteiger partial charge in [-0.2, -0.15) is 0 Å². The zero-order chi connectivity index (χ0) is 16.2. The van der Waals surface area contributed by atoms with E-state index in [4.69, 9.17) is 0 Å². The molecule has 2 aliphatic rings. The smallest absolute Gasteiger partial charge is 0.269 e. The zero-order valence-corrected chi connectivity index (χ0v) is 14.0. The summed E-state index contributed by atoms with van der Waals surface area (Å²) < 4.78 is 0. The number of nitro groups is 1. The minimum atomic E-state index is -0.333. The van der Waals surface area contributed by atoms with Crippen molar-refractivity contribution in [1.82, 2.24) is 4.90 Å². The van der Waals surface area contributed by atoms with Gasteiger partial charge < -0.3 is 9.80 Å². The van der Waals surface area contributed by atoms with Crippen LogP contribution in [0, 0.1) is 22.0 Å². The molecule has 1 unspecified atom stereocenters. The van der Waals surface area contributed by atoms with Crippen molar-refractivity contribution < 1.29 is 4.92 Å². The third-order valence-corrected chi connectivity index (χ3v) is 5.34. The number of nitro benzene ring substituents is 1. The number of hydrogen-bond donors (Lipinski definition) is 0. The van der Waals surface area contributed by atoms with Gasteiger partial charge in [-0.3, -0.25) is 10.1 Å². The first-order valence-corrected chi connectivity index (χ1v) is 8.83. The highest BCUT2D eigenvalue weighted by atomic mass is 16.6. The summed E-state index contributed by atoms with van der Waals surface area (Å²) in [5.41, 5.74) is 1.29. The molecule has 3 rings (SSSR count). The largest absolute Gasteiger partial charge is 0.371 e. The van der Waals surface area contributed by atoms with Crippen LogP contribution in [0.25, 0.3) is 0 Å². The SMILES string of the molecule is CC1CCN(CC2CCCN(c3ccc([N+](=O)[O-])cc3)C2)CC1. The Kier molecular flexibility index (Phi) is 5.16. The van der Waals surface area contributed by atoms with Gasteiger partial charge in [0.2, 0.25) is 0 Å². The molecule has 5 nitrogen and oxygen atoms in total. The zero-order valence-electron chi connectivity index (χ0n) is 14.0. The molecular formula is C18H27N3O2. The van der Waals surface area contributed by atoms with Crippen LogP contribution >= 0.6 is 0 Å². The van der Waals surface area contributed by atoms with Crippen LogP contribution in [-0.4, -0.2) is 42.5 Å². The Morgan fingerprint density at radius 3 is 2.48 bits per heavy atom. The molecule has 23 heavy (non-hydrogen) atoms. The summed E-state index contributed by atoms with van der Waals surface area (Å²) in [5, 5.41) is 10.8. The number of piperidine rings is 2. The van der Waals surface area contributed by atoms with Crippen molar-refractivity contribution in [2.45, 2.75) is 32.6 Å². The highest BCUT2D eigenvalue weighted by molar-refractivity contribution is 5.51. The van der Waals surface area contributed by atoms with Crippen molar-refractivity contribution in [2.24, 2.45) is 11.8 Å². The summed E-state index contributed by atoms with van der Waals surface area (Å²) in [5.74, 6) is 1.60. The van der Waals surface area contributed by atoms with Crippen LogP contribution in [0.3, 0.4) is 0 Å². The van der Waals surface area contributed by atoms with Gasteiger partial charge in [0.15, 0.2) is 0 Å². The van der Waals surface area contributed by atoms with E-state index in [1.165, 1.54) is 45.3 Å². The Bertz CT molecular complexity index is 524. The molecule has 1 aromatic carbocycles. The van der Waals surface area contributed by atoms with E-state index >= 15 is 0 Å². The summed E-state index contributed by atoms with van der Waals surface area (Å²) in [6.07, 6.45) is 5.18. The second-order valence-corrected chi connectivity index (χ2v) is 7.21. The summed E-state index contributed by atoms with van der Waals surface area (Å²) in [4.78, 5) is 15.5. The highest BCUT2D eigenvalue weighted by Crippen LogP contribution is 2.26. The monoisotopic (exact) mass is 317 g/mol. The Balaban J connectivity index is 1.56. The van der Waals surface area contributed by atoms with Crippen LogP contribution in [0.1, 0.15) is 32.6 Å². The molecule has 2 aliphatic heterocycles. The molecule has 2 saturated heterocycles. The van der Waals surface area contributed by atoms with Crippen molar-refractivity contribution in [3.63, 3.8) is 0 Å². The molecule has 0 saturated carbocycles.